The molecule has 0 unspecified atom stereocenters. The second-order valence-electron chi connectivity index (χ2n) is 5.01. The molecule has 0 bridgehead atoms. The topological polar surface area (TPSA) is 47.1 Å². The Hall–Kier alpha value is -1.88. The van der Waals surface area contributed by atoms with Crippen molar-refractivity contribution >= 4 is 12.2 Å². The third-order valence-corrected chi connectivity index (χ3v) is 3.62. The van der Waals surface area contributed by atoms with Gasteiger partial charge in [-0.1, -0.05) is 26.1 Å². The number of hydrogen-bond acceptors (Lipinski definition) is 4. The molecule has 2 heterocycles. The first-order chi connectivity index (χ1) is 9.66. The van der Waals surface area contributed by atoms with E-state index in [1.165, 1.54) is 0 Å². The van der Waals surface area contributed by atoms with E-state index in [1.807, 2.05) is 18.2 Å². The Balaban J connectivity index is 2.14. The highest BCUT2D eigenvalue weighted by atomic mass is 32.1. The lowest BCUT2D eigenvalue weighted by molar-refractivity contribution is 0.171. The summed E-state index contributed by atoms with van der Waals surface area (Å²) in [6.07, 6.45) is 1.64. The summed E-state index contributed by atoms with van der Waals surface area (Å²) in [7, 11) is 0. The predicted octanol–water partition coefficient (Wildman–Crippen LogP) is 3.70. The van der Waals surface area contributed by atoms with Gasteiger partial charge in [-0.05, 0) is 24.1 Å². The molecule has 4 nitrogen and oxygen atoms in total. The molecule has 1 aromatic heterocycles. The quantitative estimate of drug-likeness (QED) is 0.856. The molecule has 1 aliphatic heterocycles. The Labute approximate surface area is 122 Å². The maximum absolute atomic E-state index is 5.64. The zero-order valence-corrected chi connectivity index (χ0v) is 12.3. The van der Waals surface area contributed by atoms with Gasteiger partial charge in [-0.15, -0.1) is 0 Å². The number of benzene rings is 1. The lowest BCUT2D eigenvalue weighted by atomic mass is 9.98. The van der Waals surface area contributed by atoms with E-state index in [9.17, 15) is 0 Å². The number of H-pyrrole nitrogens is 1. The van der Waals surface area contributed by atoms with Crippen LogP contribution in [0.2, 0.25) is 0 Å². The normalized spacial score (nSPS) is 13.6. The number of nitrogens with zero attached hydrogens (tertiary/aromatic N) is 1. The summed E-state index contributed by atoms with van der Waals surface area (Å²) in [5.41, 5.74) is 3.09. The van der Waals surface area contributed by atoms with Gasteiger partial charge in [0.1, 0.15) is 17.9 Å². The fourth-order valence-corrected chi connectivity index (χ4v) is 2.77. The minimum absolute atomic E-state index is 0.302. The predicted molar refractivity (Wildman–Crippen MR) is 79.9 cm³/mol. The van der Waals surface area contributed by atoms with Crippen molar-refractivity contribution < 1.29 is 9.47 Å². The minimum atomic E-state index is 0.302. The van der Waals surface area contributed by atoms with E-state index in [2.05, 4.69) is 23.8 Å². The Morgan fingerprint density at radius 2 is 1.95 bits per heavy atom. The summed E-state index contributed by atoms with van der Waals surface area (Å²) < 4.78 is 11.8. The molecule has 0 spiro atoms. The van der Waals surface area contributed by atoms with Gasteiger partial charge < -0.3 is 14.5 Å². The molecule has 0 saturated carbocycles. The Kier molecular flexibility index (Phi) is 3.44. The van der Waals surface area contributed by atoms with Gasteiger partial charge in [0, 0.05) is 11.1 Å². The maximum atomic E-state index is 5.64. The molecule has 0 radical (unpaired) electrons. The van der Waals surface area contributed by atoms with Crippen molar-refractivity contribution in [3.05, 3.63) is 34.7 Å². The van der Waals surface area contributed by atoms with Crippen LogP contribution >= 0.6 is 12.2 Å². The van der Waals surface area contributed by atoms with Gasteiger partial charge >= 0.3 is 0 Å². The number of ether oxygens (including phenoxy) is 2. The van der Waals surface area contributed by atoms with Crippen LogP contribution in [0.4, 0.5) is 0 Å². The van der Waals surface area contributed by atoms with Crippen LogP contribution < -0.4 is 9.47 Å². The first-order valence-corrected chi connectivity index (χ1v) is 7.05. The average Bonchev–Trinajstić information content (AvgIpc) is 2.46. The van der Waals surface area contributed by atoms with E-state index in [1.54, 1.807) is 6.33 Å². The molecule has 5 heteroatoms. The smallest absolute Gasteiger partial charge is 0.162 e. The van der Waals surface area contributed by atoms with Crippen molar-refractivity contribution in [1.82, 2.24) is 9.97 Å². The monoisotopic (exact) mass is 288 g/mol. The van der Waals surface area contributed by atoms with Crippen molar-refractivity contribution in [2.45, 2.75) is 19.8 Å². The molecule has 0 atom stereocenters. The largest absolute Gasteiger partial charge is 0.486 e. The summed E-state index contributed by atoms with van der Waals surface area (Å²) in [5, 5.41) is 0. The van der Waals surface area contributed by atoms with Crippen molar-refractivity contribution in [2.75, 3.05) is 13.2 Å². The van der Waals surface area contributed by atoms with Crippen LogP contribution in [-0.4, -0.2) is 23.2 Å². The Morgan fingerprint density at radius 1 is 1.20 bits per heavy atom. The molecule has 0 saturated heterocycles. The second-order valence-corrected chi connectivity index (χ2v) is 5.40. The fraction of sp³-hybridized carbons (Fsp3) is 0.333. The molecule has 0 amide bonds. The van der Waals surface area contributed by atoms with Crippen LogP contribution in [0.1, 0.15) is 25.3 Å². The summed E-state index contributed by atoms with van der Waals surface area (Å²) in [5.74, 6) is 1.87. The van der Waals surface area contributed by atoms with E-state index in [0.29, 0.717) is 23.8 Å². The summed E-state index contributed by atoms with van der Waals surface area (Å²) in [6.45, 7) is 5.41. The Bertz CT molecular complexity index is 695. The lowest BCUT2D eigenvalue weighted by Gasteiger charge is -2.19. The van der Waals surface area contributed by atoms with Crippen LogP contribution in [0.25, 0.3) is 11.3 Å². The summed E-state index contributed by atoms with van der Waals surface area (Å²) >= 11 is 5.35. The molecular weight excluding hydrogens is 272 g/mol. The van der Waals surface area contributed by atoms with Gasteiger partial charge in [-0.3, -0.25) is 0 Å². The van der Waals surface area contributed by atoms with Crippen LogP contribution in [0.15, 0.2) is 24.5 Å². The number of fused-ring (bicyclic) bond motifs is 1. The number of hydrogen-bond donors (Lipinski definition) is 1. The van der Waals surface area contributed by atoms with Crippen LogP contribution in [-0.2, 0) is 0 Å². The molecule has 1 aliphatic rings. The van der Waals surface area contributed by atoms with Gasteiger partial charge in [0.25, 0.3) is 0 Å². The minimum Gasteiger partial charge on any atom is -0.486 e. The number of rotatable bonds is 2. The fourth-order valence-electron chi connectivity index (χ4n) is 2.38. The standard InChI is InChI=1S/C15H16N2O2S/c1-9(2)13-14(16-8-17-15(13)20)10-3-4-11-12(7-10)19-6-5-18-11/h3-4,7-9H,5-6H2,1-2H3,(H,16,17,20). The molecule has 20 heavy (non-hydrogen) atoms. The van der Waals surface area contributed by atoms with E-state index in [-0.39, 0.29) is 0 Å². The highest BCUT2D eigenvalue weighted by Crippen LogP contribution is 2.36. The summed E-state index contributed by atoms with van der Waals surface area (Å²) in [6, 6.07) is 5.94. The van der Waals surface area contributed by atoms with Crippen molar-refractivity contribution in [1.29, 1.82) is 0 Å². The highest BCUT2D eigenvalue weighted by Gasteiger charge is 2.16. The van der Waals surface area contributed by atoms with Gasteiger partial charge in [0.15, 0.2) is 11.5 Å². The molecular formula is C15H16N2O2S. The first-order valence-electron chi connectivity index (χ1n) is 6.64. The SMILES string of the molecule is CC(C)c1c(-c2ccc3c(c2)OCCO3)[nH]cnc1=S. The Morgan fingerprint density at radius 3 is 2.70 bits per heavy atom. The van der Waals surface area contributed by atoms with E-state index < -0.39 is 0 Å². The summed E-state index contributed by atoms with van der Waals surface area (Å²) in [4.78, 5) is 7.39. The zero-order valence-electron chi connectivity index (χ0n) is 11.5. The molecule has 1 N–H and O–H groups in total. The molecule has 0 fully saturated rings. The van der Waals surface area contributed by atoms with Crippen LogP contribution in [0, 0.1) is 4.64 Å². The highest BCUT2D eigenvalue weighted by molar-refractivity contribution is 7.71. The number of aromatic nitrogens is 2. The van der Waals surface area contributed by atoms with Gasteiger partial charge in [-0.25, -0.2) is 4.98 Å². The molecule has 0 aliphatic carbocycles. The molecule has 1 aromatic carbocycles. The van der Waals surface area contributed by atoms with Gasteiger partial charge in [-0.2, -0.15) is 0 Å². The van der Waals surface area contributed by atoms with Crippen molar-refractivity contribution in [3.8, 4) is 22.8 Å². The average molecular weight is 288 g/mol. The number of nitrogens with one attached hydrogen (secondary N) is 1. The van der Waals surface area contributed by atoms with E-state index in [4.69, 9.17) is 21.7 Å². The van der Waals surface area contributed by atoms with Crippen molar-refractivity contribution in [2.24, 2.45) is 0 Å². The lowest BCUT2D eigenvalue weighted by Crippen LogP contribution is -2.15. The maximum Gasteiger partial charge on any atom is 0.162 e. The van der Waals surface area contributed by atoms with E-state index >= 15 is 0 Å². The van der Waals surface area contributed by atoms with E-state index in [0.717, 1.165) is 28.3 Å². The third kappa shape index (κ3) is 2.29. The zero-order chi connectivity index (χ0) is 14.1. The number of aromatic amines is 1. The third-order valence-electron chi connectivity index (χ3n) is 3.30. The van der Waals surface area contributed by atoms with Crippen molar-refractivity contribution in [3.63, 3.8) is 0 Å². The van der Waals surface area contributed by atoms with Gasteiger partial charge in [0.2, 0.25) is 0 Å². The van der Waals surface area contributed by atoms with Gasteiger partial charge in [0.05, 0.1) is 12.0 Å². The van der Waals surface area contributed by atoms with Crippen LogP contribution in [0.3, 0.4) is 0 Å². The first kappa shape index (κ1) is 13.1. The molecule has 104 valence electrons. The molecule has 3 rings (SSSR count). The second kappa shape index (κ2) is 5.25. The van der Waals surface area contributed by atoms with Crippen LogP contribution in [0.5, 0.6) is 11.5 Å². The molecule has 2 aromatic rings.